The molecule has 0 amide bonds. The Morgan fingerprint density at radius 2 is 2.03 bits per heavy atom. The number of fused-ring (bicyclic) bond motifs is 4. The second-order valence-corrected chi connectivity index (χ2v) is 11.4. The smallest absolute Gasteiger partial charge is 0.177 e. The maximum absolute atomic E-state index is 14.0. The van der Waals surface area contributed by atoms with Crippen molar-refractivity contribution in [3.05, 3.63) is 43.0 Å². The van der Waals surface area contributed by atoms with Gasteiger partial charge in [0.05, 0.1) is 13.2 Å². The Hall–Kier alpha value is -0.830. The number of hydrogen-bond acceptors (Lipinski definition) is 6. The van der Waals surface area contributed by atoms with E-state index >= 15 is 0 Å². The maximum atomic E-state index is 14.0. The number of hydrogen-bond donors (Lipinski definition) is 2. The summed E-state index contributed by atoms with van der Waals surface area (Å²) in [5.41, 5.74) is 2.04. The maximum Gasteiger partial charge on any atom is 0.177 e. The van der Waals surface area contributed by atoms with Crippen molar-refractivity contribution in [3.63, 3.8) is 0 Å². The Labute approximate surface area is 185 Å². The van der Waals surface area contributed by atoms with Crippen LogP contribution in [-0.4, -0.2) is 38.9 Å². The average molecular weight is 449 g/mol. The van der Waals surface area contributed by atoms with Gasteiger partial charge < -0.3 is 20.1 Å². The van der Waals surface area contributed by atoms with Crippen LogP contribution in [-0.2, 0) is 33.5 Å². The first-order valence-electron chi connectivity index (χ1n) is 11.3. The van der Waals surface area contributed by atoms with E-state index in [9.17, 15) is 4.39 Å². The topological polar surface area (TPSA) is 42.5 Å². The van der Waals surface area contributed by atoms with Gasteiger partial charge in [0, 0.05) is 51.7 Å². The number of rotatable bonds is 2. The number of halogens is 1. The Balaban J connectivity index is 1.26. The summed E-state index contributed by atoms with van der Waals surface area (Å²) in [5.74, 6) is 0.385. The summed E-state index contributed by atoms with van der Waals surface area (Å²) in [6.45, 7) is 6.42. The van der Waals surface area contributed by atoms with Crippen LogP contribution in [0.5, 0.6) is 0 Å². The molecule has 2 saturated heterocycles. The first-order valence-corrected chi connectivity index (χ1v) is 12.9. The lowest BCUT2D eigenvalue weighted by Gasteiger charge is -2.46. The van der Waals surface area contributed by atoms with E-state index in [1.165, 1.54) is 31.5 Å². The molecule has 7 heteroatoms. The normalized spacial score (nSPS) is 35.7. The van der Waals surface area contributed by atoms with Crippen LogP contribution in [0.3, 0.4) is 0 Å². The van der Waals surface area contributed by atoms with Gasteiger partial charge in [0.15, 0.2) is 5.13 Å². The van der Waals surface area contributed by atoms with E-state index in [2.05, 4.69) is 23.6 Å². The molecule has 162 valence electrons. The largest absolute Gasteiger partial charge is 0.369 e. The Morgan fingerprint density at radius 3 is 2.80 bits per heavy atom. The van der Waals surface area contributed by atoms with Crippen molar-refractivity contribution in [1.29, 1.82) is 0 Å². The van der Waals surface area contributed by atoms with Crippen molar-refractivity contribution >= 4 is 22.7 Å². The summed E-state index contributed by atoms with van der Waals surface area (Å²) in [6, 6.07) is 4.50. The highest BCUT2D eigenvalue weighted by Gasteiger charge is 2.49. The van der Waals surface area contributed by atoms with Crippen LogP contribution in [0.25, 0.3) is 0 Å². The first kappa shape index (κ1) is 19.8. The number of ether oxygens (including phenoxy) is 2. The lowest BCUT2D eigenvalue weighted by molar-refractivity contribution is -0.0909. The van der Waals surface area contributed by atoms with Crippen molar-refractivity contribution in [3.8, 4) is 0 Å². The molecule has 2 N–H and O–H groups in total. The Bertz CT molecular complexity index is 941. The van der Waals surface area contributed by atoms with Crippen molar-refractivity contribution in [2.75, 3.05) is 32.8 Å². The third-order valence-electron chi connectivity index (χ3n) is 7.62. The van der Waals surface area contributed by atoms with Gasteiger partial charge in [0.25, 0.3) is 0 Å². The van der Waals surface area contributed by atoms with E-state index in [-0.39, 0.29) is 16.3 Å². The van der Waals surface area contributed by atoms with E-state index in [0.29, 0.717) is 18.6 Å². The summed E-state index contributed by atoms with van der Waals surface area (Å²) >= 11 is 3.28. The molecule has 0 aromatic carbocycles. The summed E-state index contributed by atoms with van der Waals surface area (Å²) in [6.07, 6.45) is 4.94. The van der Waals surface area contributed by atoms with Crippen LogP contribution >= 0.6 is 22.7 Å². The molecule has 0 saturated carbocycles. The molecule has 6 rings (SSSR count). The fourth-order valence-corrected chi connectivity index (χ4v) is 8.24. The highest BCUT2D eigenvalue weighted by Crippen LogP contribution is 2.49. The molecule has 4 aliphatic rings. The SMILES string of the molecule is CCc1cc2c(s1)C(C1CCC3(CN1)OCCc1sc(F)cc13)COC21CCNC1. The van der Waals surface area contributed by atoms with Gasteiger partial charge in [-0.25, -0.2) is 0 Å². The number of nitrogens with one attached hydrogen (secondary N) is 2. The quantitative estimate of drug-likeness (QED) is 0.728. The minimum Gasteiger partial charge on any atom is -0.369 e. The van der Waals surface area contributed by atoms with Gasteiger partial charge >= 0.3 is 0 Å². The van der Waals surface area contributed by atoms with Crippen LogP contribution in [0.4, 0.5) is 4.39 Å². The molecule has 0 radical (unpaired) electrons. The van der Waals surface area contributed by atoms with Crippen LogP contribution in [0.15, 0.2) is 12.1 Å². The van der Waals surface area contributed by atoms with E-state index in [1.54, 1.807) is 6.07 Å². The standard InChI is InChI=1S/C23H29FN2O2S2/c1-2-14-9-17-21(29-14)15(11-28-23(17)6-7-25-12-23)18-3-5-22(13-26-18)16-10-20(24)30-19(16)4-8-27-22/h9-10,15,18,25-26H,2-8,11-13H2,1H3. The Morgan fingerprint density at radius 1 is 1.13 bits per heavy atom. The molecule has 4 aliphatic heterocycles. The van der Waals surface area contributed by atoms with Crippen molar-refractivity contribution < 1.29 is 13.9 Å². The molecular weight excluding hydrogens is 419 g/mol. The zero-order chi connectivity index (χ0) is 20.3. The second kappa shape index (κ2) is 7.36. The van der Waals surface area contributed by atoms with E-state index in [1.807, 2.05) is 11.3 Å². The molecule has 4 unspecified atom stereocenters. The molecule has 2 aromatic heterocycles. The van der Waals surface area contributed by atoms with Gasteiger partial charge in [-0.05, 0) is 49.9 Å². The monoisotopic (exact) mass is 448 g/mol. The molecule has 2 fully saturated rings. The van der Waals surface area contributed by atoms with Gasteiger partial charge in [-0.3, -0.25) is 0 Å². The van der Waals surface area contributed by atoms with Gasteiger partial charge in [-0.2, -0.15) is 4.39 Å². The molecule has 2 aromatic rings. The lowest BCUT2D eigenvalue weighted by atomic mass is 9.77. The minimum absolute atomic E-state index is 0.0847. The number of aryl methyl sites for hydroxylation is 1. The summed E-state index contributed by atoms with van der Waals surface area (Å²) in [4.78, 5) is 4.16. The first-order chi connectivity index (χ1) is 14.6. The zero-order valence-corrected chi connectivity index (χ0v) is 19.0. The second-order valence-electron chi connectivity index (χ2n) is 9.19. The van der Waals surface area contributed by atoms with Gasteiger partial charge in [0.2, 0.25) is 0 Å². The van der Waals surface area contributed by atoms with Gasteiger partial charge in [0.1, 0.15) is 11.2 Å². The third kappa shape index (κ3) is 2.97. The summed E-state index contributed by atoms with van der Waals surface area (Å²) < 4.78 is 26.9. The summed E-state index contributed by atoms with van der Waals surface area (Å²) in [5, 5.41) is 7.24. The molecule has 0 bridgehead atoms. The van der Waals surface area contributed by atoms with Crippen LogP contribution in [0, 0.1) is 5.13 Å². The molecular formula is C23H29FN2O2S2. The van der Waals surface area contributed by atoms with Crippen molar-refractivity contribution in [2.24, 2.45) is 0 Å². The van der Waals surface area contributed by atoms with Crippen LogP contribution in [0.2, 0.25) is 0 Å². The fourth-order valence-electron chi connectivity index (χ4n) is 5.94. The van der Waals surface area contributed by atoms with Gasteiger partial charge in [-0.15, -0.1) is 22.7 Å². The number of piperidine rings is 1. The zero-order valence-electron chi connectivity index (χ0n) is 17.4. The van der Waals surface area contributed by atoms with Crippen molar-refractivity contribution in [1.82, 2.24) is 10.6 Å². The average Bonchev–Trinajstić information content (AvgIpc) is 3.48. The third-order valence-corrected chi connectivity index (χ3v) is 10.0. The van der Waals surface area contributed by atoms with Crippen LogP contribution < -0.4 is 10.6 Å². The predicted octanol–water partition coefficient (Wildman–Crippen LogP) is 4.03. The molecule has 4 nitrogen and oxygen atoms in total. The molecule has 2 spiro atoms. The summed E-state index contributed by atoms with van der Waals surface area (Å²) in [7, 11) is 0. The molecule has 4 atom stereocenters. The fraction of sp³-hybridized carbons (Fsp3) is 0.652. The lowest BCUT2D eigenvalue weighted by Crippen LogP contribution is -2.54. The van der Waals surface area contributed by atoms with Crippen molar-refractivity contribution in [2.45, 2.75) is 62.2 Å². The predicted molar refractivity (Wildman–Crippen MR) is 118 cm³/mol. The molecule has 0 aliphatic carbocycles. The Kier molecular flexibility index (Phi) is 4.86. The van der Waals surface area contributed by atoms with E-state index in [4.69, 9.17) is 9.47 Å². The highest BCUT2D eigenvalue weighted by molar-refractivity contribution is 7.12. The minimum atomic E-state index is -0.357. The van der Waals surface area contributed by atoms with E-state index < -0.39 is 0 Å². The van der Waals surface area contributed by atoms with Crippen LogP contribution in [0.1, 0.15) is 57.9 Å². The highest BCUT2D eigenvalue weighted by atomic mass is 32.1. The van der Waals surface area contributed by atoms with Gasteiger partial charge in [-0.1, -0.05) is 6.92 Å². The van der Waals surface area contributed by atoms with E-state index in [0.717, 1.165) is 63.9 Å². The molecule has 30 heavy (non-hydrogen) atoms. The molecule has 6 heterocycles. The number of thiophene rings is 2.